The van der Waals surface area contributed by atoms with E-state index in [4.69, 9.17) is 0 Å². The molecule has 2 N–H and O–H groups in total. The molecule has 1 aliphatic carbocycles. The van der Waals surface area contributed by atoms with Gasteiger partial charge in [0.1, 0.15) is 11.5 Å². The summed E-state index contributed by atoms with van der Waals surface area (Å²) in [5.74, 6) is 1.60. The van der Waals surface area contributed by atoms with Crippen molar-refractivity contribution >= 4 is 0 Å². The number of rotatable bonds is 4. The standard InChI is InChI=1S/2C16H18O.C10H15.Ti/c2*1-11(2)13-6-4-5-7-14(13)15-10-12(3)8-9-16(15)17;1-7-6-10(4,5)9(3)8(7)2;/h2*4-11,17H,1-3H3;1-5H3;/q;;-1;. The number of allylic oxidation sites excluding steroid dienone is 4. The number of hydrogen-bond donors (Lipinski definition) is 2. The molecular formula is C42H51O2Ti-. The van der Waals surface area contributed by atoms with Gasteiger partial charge in [-0.1, -0.05) is 133 Å². The maximum Gasteiger partial charge on any atom is 0.123 e. The molecule has 45 heavy (non-hydrogen) atoms. The van der Waals surface area contributed by atoms with E-state index in [-0.39, 0.29) is 27.1 Å². The molecule has 0 aromatic heterocycles. The van der Waals surface area contributed by atoms with E-state index in [2.05, 4.69) is 92.7 Å². The quantitative estimate of drug-likeness (QED) is 0.173. The molecule has 2 nitrogen and oxygen atoms in total. The summed E-state index contributed by atoms with van der Waals surface area (Å²) in [6.45, 7) is 23.7. The van der Waals surface area contributed by atoms with E-state index >= 15 is 0 Å². The Morgan fingerprint density at radius 2 is 0.933 bits per heavy atom. The van der Waals surface area contributed by atoms with E-state index in [0.717, 1.165) is 33.4 Å². The number of aromatic hydroxyl groups is 2. The first-order valence-electron chi connectivity index (χ1n) is 15.7. The number of benzene rings is 4. The molecule has 236 valence electrons. The van der Waals surface area contributed by atoms with Gasteiger partial charge in [0.05, 0.1) is 0 Å². The fourth-order valence-corrected chi connectivity index (χ4v) is 5.63. The smallest absolute Gasteiger partial charge is 0.123 e. The topological polar surface area (TPSA) is 40.5 Å². The first-order valence-corrected chi connectivity index (χ1v) is 15.7. The average Bonchev–Trinajstić information content (AvgIpc) is 3.16. The first kappa shape index (κ1) is 37.9. The van der Waals surface area contributed by atoms with Crippen molar-refractivity contribution < 1.29 is 31.9 Å². The molecule has 0 aliphatic heterocycles. The van der Waals surface area contributed by atoms with Crippen molar-refractivity contribution in [3.05, 3.63) is 130 Å². The van der Waals surface area contributed by atoms with Gasteiger partial charge in [-0.25, -0.2) is 5.57 Å². The van der Waals surface area contributed by atoms with Gasteiger partial charge in [-0.05, 0) is 72.2 Å². The Labute approximate surface area is 287 Å². The number of hydrogen-bond acceptors (Lipinski definition) is 2. The van der Waals surface area contributed by atoms with Crippen LogP contribution in [0, 0.1) is 25.3 Å². The van der Waals surface area contributed by atoms with Gasteiger partial charge in [-0.2, -0.15) is 11.1 Å². The zero-order chi connectivity index (χ0) is 32.8. The third-order valence-electron chi connectivity index (χ3n) is 8.61. The molecule has 0 fully saturated rings. The normalized spacial score (nSPS) is 13.4. The summed E-state index contributed by atoms with van der Waals surface area (Å²) in [6.07, 6.45) is 3.44. The SMILES string of the molecule is CC1=[C-]C(C)(C)C(C)=C1C.Cc1ccc(O)c(-c2ccccc2C(C)C)c1.Cc1ccc(O)c(-c2ccccc2C(C)C)c1.[Ti]. The van der Waals surface area contributed by atoms with Crippen molar-refractivity contribution in [3.63, 3.8) is 0 Å². The van der Waals surface area contributed by atoms with Gasteiger partial charge >= 0.3 is 0 Å². The molecule has 0 heterocycles. The van der Waals surface area contributed by atoms with Gasteiger partial charge in [0, 0.05) is 32.8 Å². The largest absolute Gasteiger partial charge is 0.507 e. The molecule has 4 aromatic rings. The van der Waals surface area contributed by atoms with Crippen LogP contribution in [0.1, 0.15) is 96.4 Å². The summed E-state index contributed by atoms with van der Waals surface area (Å²) in [6, 6.07) is 28.0. The Hall–Kier alpha value is -3.33. The zero-order valence-electron chi connectivity index (χ0n) is 29.1. The average molecular weight is 636 g/mol. The summed E-state index contributed by atoms with van der Waals surface area (Å²) >= 11 is 0. The summed E-state index contributed by atoms with van der Waals surface area (Å²) in [5, 5.41) is 20.0. The fourth-order valence-electron chi connectivity index (χ4n) is 5.63. The summed E-state index contributed by atoms with van der Waals surface area (Å²) in [7, 11) is 0. The van der Waals surface area contributed by atoms with Crippen LogP contribution in [-0.2, 0) is 21.7 Å². The van der Waals surface area contributed by atoms with Crippen LogP contribution in [-0.4, -0.2) is 10.2 Å². The minimum Gasteiger partial charge on any atom is -0.507 e. The Morgan fingerprint density at radius 1 is 0.556 bits per heavy atom. The molecule has 0 bridgehead atoms. The number of phenols is 2. The van der Waals surface area contributed by atoms with Gasteiger partial charge in [-0.3, -0.25) is 6.08 Å². The predicted octanol–water partition coefficient (Wildman–Crippen LogP) is 12.1. The van der Waals surface area contributed by atoms with Crippen LogP contribution in [0.25, 0.3) is 22.3 Å². The van der Waals surface area contributed by atoms with E-state index in [1.54, 1.807) is 12.1 Å². The molecule has 0 radical (unpaired) electrons. The second kappa shape index (κ2) is 16.3. The van der Waals surface area contributed by atoms with Crippen molar-refractivity contribution in [3.8, 4) is 33.8 Å². The minimum atomic E-state index is 0. The second-order valence-corrected chi connectivity index (χ2v) is 13.2. The maximum atomic E-state index is 9.99. The van der Waals surface area contributed by atoms with E-state index in [1.807, 2.05) is 62.4 Å². The van der Waals surface area contributed by atoms with Crippen molar-refractivity contribution in [2.45, 2.75) is 88.0 Å². The van der Waals surface area contributed by atoms with Crippen LogP contribution in [0.4, 0.5) is 0 Å². The summed E-state index contributed by atoms with van der Waals surface area (Å²) in [4.78, 5) is 0. The molecule has 0 unspecified atom stereocenters. The van der Waals surface area contributed by atoms with Crippen molar-refractivity contribution in [1.82, 2.24) is 0 Å². The third-order valence-corrected chi connectivity index (χ3v) is 8.61. The van der Waals surface area contributed by atoms with E-state index in [0.29, 0.717) is 23.3 Å². The molecule has 5 rings (SSSR count). The predicted molar refractivity (Wildman–Crippen MR) is 189 cm³/mol. The van der Waals surface area contributed by atoms with Crippen LogP contribution in [0.15, 0.2) is 102 Å². The van der Waals surface area contributed by atoms with Gasteiger partial charge in [0.2, 0.25) is 0 Å². The molecule has 4 aromatic carbocycles. The molecule has 0 saturated carbocycles. The first-order chi connectivity index (χ1) is 20.6. The van der Waals surface area contributed by atoms with Gasteiger partial charge < -0.3 is 10.2 Å². The molecule has 3 heteroatoms. The second-order valence-electron chi connectivity index (χ2n) is 13.2. The maximum absolute atomic E-state index is 9.99. The molecule has 0 saturated heterocycles. The molecule has 0 spiro atoms. The van der Waals surface area contributed by atoms with Gasteiger partial charge in [-0.15, -0.1) is 6.92 Å². The van der Waals surface area contributed by atoms with Crippen LogP contribution >= 0.6 is 0 Å². The van der Waals surface area contributed by atoms with Crippen LogP contribution in [0.2, 0.25) is 0 Å². The van der Waals surface area contributed by atoms with E-state index in [1.165, 1.54) is 27.8 Å². The monoisotopic (exact) mass is 635 g/mol. The van der Waals surface area contributed by atoms with Gasteiger partial charge in [0.25, 0.3) is 0 Å². The molecule has 0 amide bonds. The van der Waals surface area contributed by atoms with Crippen LogP contribution in [0.3, 0.4) is 0 Å². The Bertz CT molecular complexity index is 1550. The Balaban J connectivity index is 0.000000241. The fraction of sp³-hybridized carbons (Fsp3) is 0.333. The number of aryl methyl sites for hydroxylation is 2. The van der Waals surface area contributed by atoms with Crippen molar-refractivity contribution in [2.75, 3.05) is 0 Å². The van der Waals surface area contributed by atoms with E-state index < -0.39 is 0 Å². The van der Waals surface area contributed by atoms with E-state index in [9.17, 15) is 10.2 Å². The summed E-state index contributed by atoms with van der Waals surface area (Å²) in [5.41, 5.74) is 13.4. The van der Waals surface area contributed by atoms with Crippen LogP contribution < -0.4 is 0 Å². The Kier molecular flexibility index (Phi) is 13.7. The minimum absolute atomic E-state index is 0. The zero-order valence-corrected chi connectivity index (χ0v) is 30.7. The molecular weight excluding hydrogens is 584 g/mol. The summed E-state index contributed by atoms with van der Waals surface area (Å²) < 4.78 is 0. The molecule has 0 atom stereocenters. The van der Waals surface area contributed by atoms with Gasteiger partial charge in [0.15, 0.2) is 0 Å². The number of phenolic OH excluding ortho intramolecular Hbond substituents is 2. The van der Waals surface area contributed by atoms with Crippen LogP contribution in [0.5, 0.6) is 11.5 Å². The van der Waals surface area contributed by atoms with Crippen molar-refractivity contribution in [2.24, 2.45) is 5.41 Å². The van der Waals surface area contributed by atoms with Crippen molar-refractivity contribution in [1.29, 1.82) is 0 Å². The molecule has 1 aliphatic rings. The third kappa shape index (κ3) is 9.58. The Morgan fingerprint density at radius 3 is 1.22 bits per heavy atom.